The molecule has 6 heteroatoms. The van der Waals surface area contributed by atoms with Gasteiger partial charge < -0.3 is 10.1 Å². The summed E-state index contributed by atoms with van der Waals surface area (Å²) in [4.78, 5) is 14.5. The maximum atomic E-state index is 11.7. The predicted octanol–water partition coefficient (Wildman–Crippen LogP) is 4.19. The summed E-state index contributed by atoms with van der Waals surface area (Å²) in [6, 6.07) is 7.28. The van der Waals surface area contributed by atoms with E-state index in [0.29, 0.717) is 11.3 Å². The van der Waals surface area contributed by atoms with Gasteiger partial charge in [-0.3, -0.25) is 0 Å². The van der Waals surface area contributed by atoms with Crippen molar-refractivity contribution in [1.29, 1.82) is 0 Å². The van der Waals surface area contributed by atoms with E-state index in [9.17, 15) is 4.79 Å². The monoisotopic (exact) mass is 274 g/mol. The first-order valence-electron chi connectivity index (χ1n) is 6.86. The van der Waals surface area contributed by atoms with Gasteiger partial charge in [0.2, 0.25) is 0 Å². The molecule has 0 spiro atoms. The standard InChI is InChI=1S/C14H18N4O2/c15-18-17-13-9-5-4-6-11(13)10-20-14(19)16-12-7-2-1-3-8-12/h4-6,9,12H,1-3,7-8,10H2,(H,16,19). The largest absolute Gasteiger partial charge is 0.445 e. The highest BCUT2D eigenvalue weighted by molar-refractivity contribution is 5.67. The van der Waals surface area contributed by atoms with Crippen LogP contribution in [-0.2, 0) is 11.3 Å². The third kappa shape index (κ3) is 4.17. The van der Waals surface area contributed by atoms with Gasteiger partial charge in [0.25, 0.3) is 0 Å². The van der Waals surface area contributed by atoms with Gasteiger partial charge in [0.05, 0.1) is 0 Å². The number of hydrogen-bond acceptors (Lipinski definition) is 3. The number of carbonyl (C=O) groups is 1. The van der Waals surface area contributed by atoms with Crippen LogP contribution < -0.4 is 5.32 Å². The number of rotatable bonds is 4. The second kappa shape index (κ2) is 7.40. The lowest BCUT2D eigenvalue weighted by atomic mass is 9.96. The molecule has 106 valence electrons. The van der Waals surface area contributed by atoms with Crippen LogP contribution in [0.5, 0.6) is 0 Å². The summed E-state index contributed by atoms with van der Waals surface area (Å²) in [5, 5.41) is 6.45. The first-order chi connectivity index (χ1) is 9.79. The zero-order valence-corrected chi connectivity index (χ0v) is 11.3. The number of ether oxygens (including phenoxy) is 1. The van der Waals surface area contributed by atoms with Crippen molar-refractivity contribution in [3.63, 3.8) is 0 Å². The summed E-state index contributed by atoms with van der Waals surface area (Å²) >= 11 is 0. The van der Waals surface area contributed by atoms with Crippen molar-refractivity contribution < 1.29 is 9.53 Å². The Balaban J connectivity index is 1.85. The van der Waals surface area contributed by atoms with E-state index in [0.717, 1.165) is 25.7 Å². The lowest BCUT2D eigenvalue weighted by molar-refractivity contribution is 0.133. The lowest BCUT2D eigenvalue weighted by Gasteiger charge is -2.22. The Bertz CT molecular complexity index is 506. The Kier molecular flexibility index (Phi) is 5.26. The molecule has 0 aliphatic heterocycles. The van der Waals surface area contributed by atoms with E-state index in [2.05, 4.69) is 15.3 Å². The average Bonchev–Trinajstić information content (AvgIpc) is 2.48. The van der Waals surface area contributed by atoms with Crippen molar-refractivity contribution in [3.8, 4) is 0 Å². The fourth-order valence-electron chi connectivity index (χ4n) is 2.38. The minimum atomic E-state index is -0.410. The second-order valence-electron chi connectivity index (χ2n) is 4.87. The van der Waals surface area contributed by atoms with Crippen molar-refractivity contribution in [2.75, 3.05) is 0 Å². The van der Waals surface area contributed by atoms with E-state index in [-0.39, 0.29) is 12.6 Å². The van der Waals surface area contributed by atoms with Crippen LogP contribution in [0, 0.1) is 0 Å². The maximum absolute atomic E-state index is 11.7. The number of alkyl carbamates (subject to hydrolysis) is 1. The lowest BCUT2D eigenvalue weighted by Crippen LogP contribution is -2.36. The van der Waals surface area contributed by atoms with Gasteiger partial charge in [-0.2, -0.15) is 0 Å². The Morgan fingerprint density at radius 3 is 2.85 bits per heavy atom. The van der Waals surface area contributed by atoms with Crippen molar-refractivity contribution in [3.05, 3.63) is 40.3 Å². The number of nitrogens with zero attached hydrogens (tertiary/aromatic N) is 3. The number of nitrogens with one attached hydrogen (secondary N) is 1. The summed E-state index contributed by atoms with van der Waals surface area (Å²) in [7, 11) is 0. The van der Waals surface area contributed by atoms with Crippen molar-refractivity contribution >= 4 is 11.8 Å². The third-order valence-corrected chi connectivity index (χ3v) is 3.43. The molecule has 1 saturated carbocycles. The molecule has 0 unspecified atom stereocenters. The van der Waals surface area contributed by atoms with E-state index < -0.39 is 6.09 Å². The van der Waals surface area contributed by atoms with Crippen LogP contribution in [0.2, 0.25) is 0 Å². The first kappa shape index (κ1) is 14.2. The van der Waals surface area contributed by atoms with Crippen molar-refractivity contribution in [2.45, 2.75) is 44.8 Å². The summed E-state index contributed by atoms with van der Waals surface area (Å²) < 4.78 is 5.18. The molecule has 20 heavy (non-hydrogen) atoms. The second-order valence-corrected chi connectivity index (χ2v) is 4.87. The highest BCUT2D eigenvalue weighted by Gasteiger charge is 2.16. The Hall–Kier alpha value is -2.20. The van der Waals surface area contributed by atoms with Gasteiger partial charge in [0, 0.05) is 16.6 Å². The van der Waals surface area contributed by atoms with Gasteiger partial charge in [0.15, 0.2) is 0 Å². The highest BCUT2D eigenvalue weighted by Crippen LogP contribution is 2.20. The summed E-state index contributed by atoms with van der Waals surface area (Å²) in [6.07, 6.45) is 5.18. The van der Waals surface area contributed by atoms with Crippen LogP contribution in [0.15, 0.2) is 29.4 Å². The number of amides is 1. The molecule has 1 fully saturated rings. The fraction of sp³-hybridized carbons (Fsp3) is 0.500. The quantitative estimate of drug-likeness (QED) is 0.507. The molecule has 2 rings (SSSR count). The normalized spacial score (nSPS) is 15.2. The Morgan fingerprint density at radius 2 is 2.10 bits per heavy atom. The fourth-order valence-corrected chi connectivity index (χ4v) is 2.38. The van der Waals surface area contributed by atoms with E-state index in [1.54, 1.807) is 18.2 Å². The zero-order chi connectivity index (χ0) is 14.2. The minimum Gasteiger partial charge on any atom is -0.445 e. The summed E-state index contributed by atoms with van der Waals surface area (Å²) in [5.74, 6) is 0. The van der Waals surface area contributed by atoms with E-state index >= 15 is 0 Å². The molecule has 0 bridgehead atoms. The molecule has 1 aromatic carbocycles. The smallest absolute Gasteiger partial charge is 0.407 e. The van der Waals surface area contributed by atoms with Gasteiger partial charge >= 0.3 is 6.09 Å². The predicted molar refractivity (Wildman–Crippen MR) is 75.4 cm³/mol. The van der Waals surface area contributed by atoms with Crippen LogP contribution in [0.1, 0.15) is 37.7 Å². The molecule has 0 heterocycles. The van der Waals surface area contributed by atoms with Crippen LogP contribution in [-0.4, -0.2) is 12.1 Å². The molecular weight excluding hydrogens is 256 g/mol. The van der Waals surface area contributed by atoms with Crippen LogP contribution in [0.4, 0.5) is 10.5 Å². The number of carbonyl (C=O) groups excluding carboxylic acids is 1. The Labute approximate surface area is 117 Å². The van der Waals surface area contributed by atoms with Crippen molar-refractivity contribution in [1.82, 2.24) is 5.32 Å². The molecule has 1 aliphatic rings. The molecule has 0 saturated heterocycles. The topological polar surface area (TPSA) is 87.1 Å². The van der Waals surface area contributed by atoms with Crippen molar-refractivity contribution in [2.24, 2.45) is 5.11 Å². The molecule has 1 aliphatic carbocycles. The molecule has 1 aromatic rings. The SMILES string of the molecule is [N-]=[N+]=Nc1ccccc1COC(=O)NC1CCCCC1. The van der Waals surface area contributed by atoms with Crippen LogP contribution >= 0.6 is 0 Å². The third-order valence-electron chi connectivity index (χ3n) is 3.43. The van der Waals surface area contributed by atoms with E-state index in [1.807, 2.05) is 6.07 Å². The number of azide groups is 1. The van der Waals surface area contributed by atoms with Gasteiger partial charge in [-0.15, -0.1) is 0 Å². The van der Waals surface area contributed by atoms with E-state index in [4.69, 9.17) is 10.3 Å². The Morgan fingerprint density at radius 1 is 1.35 bits per heavy atom. The molecule has 6 nitrogen and oxygen atoms in total. The summed E-state index contributed by atoms with van der Waals surface area (Å²) in [5.41, 5.74) is 9.66. The number of benzene rings is 1. The van der Waals surface area contributed by atoms with Crippen LogP contribution in [0.3, 0.4) is 0 Å². The molecule has 1 amide bonds. The van der Waals surface area contributed by atoms with E-state index in [1.165, 1.54) is 6.42 Å². The van der Waals surface area contributed by atoms with Gasteiger partial charge in [0.1, 0.15) is 6.61 Å². The van der Waals surface area contributed by atoms with Gasteiger partial charge in [-0.1, -0.05) is 48.6 Å². The number of hydrogen-bond donors (Lipinski definition) is 1. The molecular formula is C14H18N4O2. The van der Waals surface area contributed by atoms with Gasteiger partial charge in [-0.05, 0) is 23.9 Å². The maximum Gasteiger partial charge on any atom is 0.407 e. The molecule has 1 N–H and O–H groups in total. The van der Waals surface area contributed by atoms with Gasteiger partial charge in [-0.25, -0.2) is 4.79 Å². The zero-order valence-electron chi connectivity index (χ0n) is 11.3. The molecule has 0 aromatic heterocycles. The van der Waals surface area contributed by atoms with Crippen LogP contribution in [0.25, 0.3) is 10.4 Å². The average molecular weight is 274 g/mol. The molecule has 0 atom stereocenters. The highest BCUT2D eigenvalue weighted by atomic mass is 16.5. The first-order valence-corrected chi connectivity index (χ1v) is 6.86. The summed E-state index contributed by atoms with van der Waals surface area (Å²) in [6.45, 7) is 0.105. The minimum absolute atomic E-state index is 0.105. The molecule has 0 radical (unpaired) electrons.